The fraction of sp³-hybridized carbons (Fsp3) is 0.286. The summed E-state index contributed by atoms with van der Waals surface area (Å²) in [7, 11) is 1.62. The molecule has 0 saturated carbocycles. The molecule has 0 aliphatic carbocycles. The van der Waals surface area contributed by atoms with Crippen molar-refractivity contribution in [3.8, 4) is 5.75 Å². The van der Waals surface area contributed by atoms with E-state index in [0.29, 0.717) is 29.9 Å². The minimum atomic E-state index is -0.334. The molecule has 0 atom stereocenters. The summed E-state index contributed by atoms with van der Waals surface area (Å²) in [6.07, 6.45) is 0.630. The van der Waals surface area contributed by atoms with E-state index in [9.17, 15) is 9.59 Å². The lowest BCUT2D eigenvalue weighted by atomic mass is 10.1. The molecule has 0 fully saturated rings. The Morgan fingerprint density at radius 3 is 2.79 bits per heavy atom. The molecule has 150 valence electrons. The van der Waals surface area contributed by atoms with Crippen molar-refractivity contribution in [2.45, 2.75) is 26.8 Å². The minimum Gasteiger partial charge on any atom is -0.496 e. The minimum absolute atomic E-state index is 0.145. The SMILES string of the molecule is COc1ccccc1CCNC(=O)Cn1nc(C)n2c(cc3oc(C)cc32)c1=O. The molecule has 0 radical (unpaired) electrons. The van der Waals surface area contributed by atoms with Gasteiger partial charge in [-0.25, -0.2) is 4.68 Å². The third-order valence-corrected chi connectivity index (χ3v) is 4.86. The lowest BCUT2D eigenvalue weighted by Crippen LogP contribution is -2.35. The number of nitrogens with zero attached hydrogens (tertiary/aromatic N) is 3. The van der Waals surface area contributed by atoms with Gasteiger partial charge in [0, 0.05) is 18.7 Å². The van der Waals surface area contributed by atoms with E-state index in [-0.39, 0.29) is 18.0 Å². The highest BCUT2D eigenvalue weighted by Gasteiger charge is 2.16. The van der Waals surface area contributed by atoms with Gasteiger partial charge in [-0.05, 0) is 31.9 Å². The Labute approximate surface area is 166 Å². The van der Waals surface area contributed by atoms with Crippen LogP contribution < -0.4 is 15.6 Å². The molecule has 1 aromatic carbocycles. The molecule has 0 saturated heterocycles. The summed E-state index contributed by atoms with van der Waals surface area (Å²) in [6, 6.07) is 11.2. The third kappa shape index (κ3) is 3.49. The maximum atomic E-state index is 12.8. The molecule has 8 heteroatoms. The first-order chi connectivity index (χ1) is 14.0. The Bertz CT molecular complexity index is 1270. The topological polar surface area (TPSA) is 90.8 Å². The quantitative estimate of drug-likeness (QED) is 0.542. The molecule has 0 bridgehead atoms. The predicted molar refractivity (Wildman–Crippen MR) is 108 cm³/mol. The number of furan rings is 1. The summed E-state index contributed by atoms with van der Waals surface area (Å²) in [5, 5.41) is 7.15. The van der Waals surface area contributed by atoms with E-state index in [2.05, 4.69) is 10.4 Å². The number of para-hydroxylation sites is 1. The second kappa shape index (κ2) is 7.46. The van der Waals surface area contributed by atoms with Crippen molar-refractivity contribution in [1.29, 1.82) is 0 Å². The van der Waals surface area contributed by atoms with Gasteiger partial charge in [-0.1, -0.05) is 18.2 Å². The van der Waals surface area contributed by atoms with Crippen molar-refractivity contribution in [3.63, 3.8) is 0 Å². The van der Waals surface area contributed by atoms with Crippen LogP contribution in [0.1, 0.15) is 17.1 Å². The van der Waals surface area contributed by atoms with Gasteiger partial charge >= 0.3 is 0 Å². The number of carbonyl (C=O) groups excluding carboxylic acids is 1. The Morgan fingerprint density at radius 1 is 1.21 bits per heavy atom. The summed E-state index contributed by atoms with van der Waals surface area (Å²) in [5.74, 6) is 1.89. The molecule has 0 spiro atoms. The van der Waals surface area contributed by atoms with Crippen molar-refractivity contribution in [3.05, 3.63) is 63.9 Å². The summed E-state index contributed by atoms with van der Waals surface area (Å²) in [6.45, 7) is 3.94. The number of fused-ring (bicyclic) bond motifs is 3. The number of nitrogens with one attached hydrogen (secondary N) is 1. The number of aromatic nitrogens is 3. The van der Waals surface area contributed by atoms with Gasteiger partial charge < -0.3 is 14.5 Å². The highest BCUT2D eigenvalue weighted by molar-refractivity contribution is 5.83. The van der Waals surface area contributed by atoms with Crippen molar-refractivity contribution < 1.29 is 13.9 Å². The molecule has 8 nitrogen and oxygen atoms in total. The van der Waals surface area contributed by atoms with E-state index in [0.717, 1.165) is 22.6 Å². The second-order valence-electron chi connectivity index (χ2n) is 6.89. The zero-order valence-electron chi connectivity index (χ0n) is 16.6. The molecule has 1 N–H and O–H groups in total. The molecule has 1 amide bonds. The van der Waals surface area contributed by atoms with E-state index in [1.165, 1.54) is 4.68 Å². The van der Waals surface area contributed by atoms with Crippen LogP contribution in [0.25, 0.3) is 16.6 Å². The Kier molecular flexibility index (Phi) is 4.84. The summed E-state index contributed by atoms with van der Waals surface area (Å²) in [5.41, 5.74) is 2.54. The van der Waals surface area contributed by atoms with Gasteiger partial charge in [0.25, 0.3) is 5.56 Å². The molecule has 0 aliphatic heterocycles. The average Bonchev–Trinajstić information content (AvgIpc) is 3.22. The van der Waals surface area contributed by atoms with E-state index >= 15 is 0 Å². The normalized spacial score (nSPS) is 11.3. The number of hydrogen-bond donors (Lipinski definition) is 1. The molecular formula is C21H22N4O4. The number of benzene rings is 1. The highest BCUT2D eigenvalue weighted by atomic mass is 16.5. The van der Waals surface area contributed by atoms with Gasteiger partial charge in [-0.15, -0.1) is 0 Å². The van der Waals surface area contributed by atoms with Gasteiger partial charge in [-0.2, -0.15) is 5.10 Å². The molecular weight excluding hydrogens is 372 g/mol. The lowest BCUT2D eigenvalue weighted by Gasteiger charge is -2.10. The highest BCUT2D eigenvalue weighted by Crippen LogP contribution is 2.22. The molecule has 4 rings (SSSR count). The van der Waals surface area contributed by atoms with Gasteiger partial charge in [0.05, 0.1) is 12.6 Å². The van der Waals surface area contributed by atoms with Crippen LogP contribution in [-0.4, -0.2) is 33.7 Å². The van der Waals surface area contributed by atoms with Gasteiger partial charge in [0.1, 0.15) is 29.4 Å². The van der Waals surface area contributed by atoms with Crippen molar-refractivity contribution in [2.24, 2.45) is 0 Å². The number of ether oxygens (including phenoxy) is 1. The molecule has 4 aromatic rings. The standard InChI is InChI=1S/C21H22N4O4/c1-13-10-16-19(29-13)11-17-21(27)24(23-14(2)25(16)17)12-20(26)22-9-8-15-6-4-5-7-18(15)28-3/h4-7,10-11H,8-9,12H2,1-3H3,(H,22,26). The monoisotopic (exact) mass is 394 g/mol. The zero-order valence-corrected chi connectivity index (χ0v) is 16.6. The van der Waals surface area contributed by atoms with Crippen LogP contribution in [0, 0.1) is 13.8 Å². The molecule has 0 aliphatic rings. The summed E-state index contributed by atoms with van der Waals surface area (Å²) in [4.78, 5) is 25.1. The van der Waals surface area contributed by atoms with Crippen LogP contribution in [0.4, 0.5) is 0 Å². The maximum absolute atomic E-state index is 12.8. The van der Waals surface area contributed by atoms with Crippen LogP contribution in [0.2, 0.25) is 0 Å². The van der Waals surface area contributed by atoms with E-state index in [1.54, 1.807) is 24.5 Å². The zero-order chi connectivity index (χ0) is 20.5. The van der Waals surface area contributed by atoms with Gasteiger partial charge in [-0.3, -0.25) is 14.0 Å². The van der Waals surface area contributed by atoms with Crippen LogP contribution in [0.3, 0.4) is 0 Å². The summed E-state index contributed by atoms with van der Waals surface area (Å²) >= 11 is 0. The largest absolute Gasteiger partial charge is 0.496 e. The fourth-order valence-corrected chi connectivity index (χ4v) is 3.56. The third-order valence-electron chi connectivity index (χ3n) is 4.86. The van der Waals surface area contributed by atoms with Gasteiger partial charge in [0.2, 0.25) is 5.91 Å². The number of amides is 1. The van der Waals surface area contributed by atoms with E-state index in [1.807, 2.05) is 37.3 Å². The summed E-state index contributed by atoms with van der Waals surface area (Å²) < 4.78 is 13.9. The van der Waals surface area contributed by atoms with Gasteiger partial charge in [0.15, 0.2) is 5.58 Å². The number of aryl methyl sites for hydroxylation is 2. The van der Waals surface area contributed by atoms with Crippen molar-refractivity contribution in [1.82, 2.24) is 19.5 Å². The molecule has 0 unspecified atom stereocenters. The smallest absolute Gasteiger partial charge is 0.291 e. The lowest BCUT2D eigenvalue weighted by molar-refractivity contribution is -0.121. The van der Waals surface area contributed by atoms with Crippen molar-refractivity contribution in [2.75, 3.05) is 13.7 Å². The van der Waals surface area contributed by atoms with Crippen LogP contribution >= 0.6 is 0 Å². The predicted octanol–water partition coefficient (Wildman–Crippen LogP) is 2.23. The number of methoxy groups -OCH3 is 1. The van der Waals surface area contributed by atoms with Crippen LogP contribution in [-0.2, 0) is 17.8 Å². The van der Waals surface area contributed by atoms with E-state index < -0.39 is 0 Å². The molecule has 3 heterocycles. The first kappa shape index (κ1) is 18.8. The van der Waals surface area contributed by atoms with Crippen LogP contribution in [0.5, 0.6) is 5.75 Å². The molecule has 3 aromatic heterocycles. The van der Waals surface area contributed by atoms with Crippen LogP contribution in [0.15, 0.2) is 45.6 Å². The number of rotatable bonds is 6. The number of carbonyl (C=O) groups is 1. The maximum Gasteiger partial charge on any atom is 0.291 e. The first-order valence-corrected chi connectivity index (χ1v) is 9.36. The Hall–Kier alpha value is -3.55. The molecule has 29 heavy (non-hydrogen) atoms. The average molecular weight is 394 g/mol. The first-order valence-electron chi connectivity index (χ1n) is 9.36. The van der Waals surface area contributed by atoms with E-state index in [4.69, 9.17) is 9.15 Å². The second-order valence-corrected chi connectivity index (χ2v) is 6.89. The fourth-order valence-electron chi connectivity index (χ4n) is 3.56. The van der Waals surface area contributed by atoms with Crippen molar-refractivity contribution >= 4 is 22.5 Å². The Balaban J connectivity index is 1.49. The number of hydrogen-bond acceptors (Lipinski definition) is 5. The Morgan fingerprint density at radius 2 is 2.00 bits per heavy atom.